The van der Waals surface area contributed by atoms with Gasteiger partial charge in [-0.25, -0.2) is 4.39 Å². The van der Waals surface area contributed by atoms with Crippen LogP contribution in [-0.4, -0.2) is 29.3 Å². The highest BCUT2D eigenvalue weighted by atomic mass is 79.9. The molecule has 6 heteroatoms. The van der Waals surface area contributed by atoms with Crippen LogP contribution in [0.25, 0.3) is 0 Å². The van der Waals surface area contributed by atoms with Gasteiger partial charge in [0, 0.05) is 30.0 Å². The Bertz CT molecular complexity index is 603. The van der Waals surface area contributed by atoms with Crippen LogP contribution in [0.4, 0.5) is 4.39 Å². The zero-order valence-electron chi connectivity index (χ0n) is 14.1. The van der Waals surface area contributed by atoms with Crippen molar-refractivity contribution in [3.8, 4) is 0 Å². The Balaban J connectivity index is 2.18. The molecule has 1 aliphatic carbocycles. The molecule has 1 saturated carbocycles. The van der Waals surface area contributed by atoms with Crippen molar-refractivity contribution in [2.24, 2.45) is 5.92 Å². The van der Waals surface area contributed by atoms with Crippen LogP contribution < -0.4 is 5.32 Å². The van der Waals surface area contributed by atoms with Crippen molar-refractivity contribution in [2.45, 2.75) is 52.1 Å². The molecule has 1 aromatic carbocycles. The minimum atomic E-state index is -0.514. The molecule has 1 atom stereocenters. The molecule has 132 valence electrons. The summed E-state index contributed by atoms with van der Waals surface area (Å²) in [4.78, 5) is 26.1. The zero-order valence-corrected chi connectivity index (χ0v) is 15.7. The van der Waals surface area contributed by atoms with Crippen molar-refractivity contribution in [2.75, 3.05) is 6.54 Å². The second kappa shape index (κ2) is 8.60. The van der Waals surface area contributed by atoms with Crippen molar-refractivity contribution in [3.63, 3.8) is 0 Å². The lowest BCUT2D eigenvalue weighted by Gasteiger charge is -2.30. The Morgan fingerprint density at radius 1 is 1.38 bits per heavy atom. The number of hydrogen-bond acceptors (Lipinski definition) is 2. The predicted octanol–water partition coefficient (Wildman–Crippen LogP) is 3.63. The Morgan fingerprint density at radius 2 is 2.04 bits per heavy atom. The fourth-order valence-electron chi connectivity index (χ4n) is 3.30. The molecular formula is C18H24BrFN2O2. The van der Waals surface area contributed by atoms with E-state index >= 15 is 0 Å². The summed E-state index contributed by atoms with van der Waals surface area (Å²) >= 11 is 3.33. The van der Waals surface area contributed by atoms with Crippen LogP contribution >= 0.6 is 15.9 Å². The van der Waals surface area contributed by atoms with E-state index in [4.69, 9.17) is 0 Å². The van der Waals surface area contributed by atoms with Gasteiger partial charge in [0.2, 0.25) is 11.8 Å². The van der Waals surface area contributed by atoms with Crippen molar-refractivity contribution in [1.82, 2.24) is 10.2 Å². The number of nitrogens with one attached hydrogen (secondary N) is 1. The van der Waals surface area contributed by atoms with Crippen molar-refractivity contribution >= 4 is 27.7 Å². The molecule has 0 aromatic heterocycles. The molecule has 0 heterocycles. The maximum absolute atomic E-state index is 14.0. The lowest BCUT2D eigenvalue weighted by Crippen LogP contribution is -2.51. The summed E-state index contributed by atoms with van der Waals surface area (Å²) in [5, 5.41) is 2.82. The molecule has 1 fully saturated rings. The van der Waals surface area contributed by atoms with Gasteiger partial charge in [0.05, 0.1) is 0 Å². The number of rotatable bonds is 6. The zero-order chi connectivity index (χ0) is 17.7. The van der Waals surface area contributed by atoms with E-state index in [1.54, 1.807) is 17.0 Å². The maximum Gasteiger partial charge on any atom is 0.245 e. The van der Waals surface area contributed by atoms with Crippen LogP contribution in [0.3, 0.4) is 0 Å². The minimum Gasteiger partial charge on any atom is -0.344 e. The van der Waals surface area contributed by atoms with Gasteiger partial charge in [-0.15, -0.1) is 0 Å². The molecule has 2 rings (SSSR count). The van der Waals surface area contributed by atoms with Crippen LogP contribution in [0.5, 0.6) is 0 Å². The molecule has 24 heavy (non-hydrogen) atoms. The molecule has 1 aromatic rings. The summed E-state index contributed by atoms with van der Waals surface area (Å²) in [5.41, 5.74) is 0.465. The Morgan fingerprint density at radius 3 is 2.62 bits per heavy atom. The summed E-state index contributed by atoms with van der Waals surface area (Å²) in [7, 11) is 0. The van der Waals surface area contributed by atoms with Crippen LogP contribution in [0.2, 0.25) is 0 Å². The number of likely N-dealkylation sites (N-methyl/N-ethyl adjacent to an activating group) is 1. The highest BCUT2D eigenvalue weighted by Gasteiger charge is 2.33. The van der Waals surface area contributed by atoms with Crippen molar-refractivity contribution < 1.29 is 14.0 Å². The van der Waals surface area contributed by atoms with Gasteiger partial charge in [0.25, 0.3) is 0 Å². The number of benzene rings is 1. The first-order valence-electron chi connectivity index (χ1n) is 8.42. The fourth-order valence-corrected chi connectivity index (χ4v) is 3.71. The minimum absolute atomic E-state index is 0.126. The van der Waals surface area contributed by atoms with Gasteiger partial charge in [-0.3, -0.25) is 9.59 Å². The summed E-state index contributed by atoms with van der Waals surface area (Å²) in [6.45, 7) is 3.96. The van der Waals surface area contributed by atoms with Gasteiger partial charge in [0.15, 0.2) is 0 Å². The Kier molecular flexibility index (Phi) is 6.78. The summed E-state index contributed by atoms with van der Waals surface area (Å²) in [6.07, 6.45) is 4.06. The van der Waals surface area contributed by atoms with E-state index in [1.165, 1.54) is 13.0 Å². The van der Waals surface area contributed by atoms with E-state index in [0.29, 0.717) is 12.1 Å². The Labute approximate surface area is 150 Å². The highest BCUT2D eigenvalue weighted by Crippen LogP contribution is 2.29. The topological polar surface area (TPSA) is 49.4 Å². The third-order valence-corrected chi connectivity index (χ3v) is 5.05. The van der Waals surface area contributed by atoms with E-state index < -0.39 is 6.04 Å². The molecule has 2 amide bonds. The monoisotopic (exact) mass is 398 g/mol. The van der Waals surface area contributed by atoms with Gasteiger partial charge in [-0.05, 0) is 43.9 Å². The lowest BCUT2D eigenvalue weighted by atomic mass is 9.96. The normalized spacial score (nSPS) is 16.0. The molecule has 1 aliphatic rings. The van der Waals surface area contributed by atoms with Gasteiger partial charge in [0.1, 0.15) is 11.9 Å². The number of carbonyl (C=O) groups excluding carboxylic acids is 2. The smallest absolute Gasteiger partial charge is 0.245 e. The molecule has 1 unspecified atom stereocenters. The third kappa shape index (κ3) is 4.79. The predicted molar refractivity (Wildman–Crippen MR) is 94.8 cm³/mol. The number of hydrogen-bond donors (Lipinski definition) is 1. The van der Waals surface area contributed by atoms with Crippen molar-refractivity contribution in [1.29, 1.82) is 0 Å². The average molecular weight is 399 g/mol. The molecule has 0 saturated heterocycles. The lowest BCUT2D eigenvalue weighted by molar-refractivity contribution is -0.138. The first-order chi connectivity index (χ1) is 11.4. The first-order valence-corrected chi connectivity index (χ1v) is 9.21. The summed E-state index contributed by atoms with van der Waals surface area (Å²) < 4.78 is 14.8. The number of nitrogens with zero attached hydrogens (tertiary/aromatic N) is 1. The standard InChI is InChI=1S/C18H24BrFN2O2/c1-3-22(11-14-10-15(19)8-9-16(14)20)18(24)17(21-12(2)23)13-6-4-5-7-13/h8-10,13,17H,3-7,11H2,1-2H3,(H,21,23). The number of halogens is 2. The second-order valence-corrected chi connectivity index (χ2v) is 7.23. The molecule has 0 spiro atoms. The molecule has 0 radical (unpaired) electrons. The van der Waals surface area contributed by atoms with E-state index in [9.17, 15) is 14.0 Å². The number of carbonyl (C=O) groups is 2. The SMILES string of the molecule is CCN(Cc1cc(Br)ccc1F)C(=O)C(NC(C)=O)C1CCCC1. The third-order valence-electron chi connectivity index (χ3n) is 4.56. The molecule has 0 aliphatic heterocycles. The van der Waals surface area contributed by atoms with E-state index in [1.807, 2.05) is 6.92 Å². The number of amides is 2. The van der Waals surface area contributed by atoms with Crippen LogP contribution in [0.1, 0.15) is 45.1 Å². The largest absolute Gasteiger partial charge is 0.344 e. The van der Waals surface area contributed by atoms with E-state index in [2.05, 4.69) is 21.2 Å². The van der Waals surface area contributed by atoms with E-state index in [-0.39, 0.29) is 30.1 Å². The molecular weight excluding hydrogens is 375 g/mol. The van der Waals surface area contributed by atoms with Gasteiger partial charge in [-0.1, -0.05) is 28.8 Å². The second-order valence-electron chi connectivity index (χ2n) is 6.31. The maximum atomic E-state index is 14.0. The highest BCUT2D eigenvalue weighted by molar-refractivity contribution is 9.10. The average Bonchev–Trinajstić information content (AvgIpc) is 3.06. The van der Waals surface area contributed by atoms with Crippen LogP contribution in [-0.2, 0) is 16.1 Å². The van der Waals surface area contributed by atoms with Gasteiger partial charge >= 0.3 is 0 Å². The van der Waals surface area contributed by atoms with Gasteiger partial charge in [-0.2, -0.15) is 0 Å². The quantitative estimate of drug-likeness (QED) is 0.794. The fraction of sp³-hybridized carbons (Fsp3) is 0.556. The van der Waals surface area contributed by atoms with Gasteiger partial charge < -0.3 is 10.2 Å². The van der Waals surface area contributed by atoms with Crippen LogP contribution in [0, 0.1) is 11.7 Å². The van der Waals surface area contributed by atoms with Crippen LogP contribution in [0.15, 0.2) is 22.7 Å². The Hall–Kier alpha value is -1.43. The molecule has 0 bridgehead atoms. The van der Waals surface area contributed by atoms with Crippen molar-refractivity contribution in [3.05, 3.63) is 34.1 Å². The summed E-state index contributed by atoms with van der Waals surface area (Å²) in [6, 6.07) is 4.20. The first kappa shape index (κ1) is 18.9. The summed E-state index contributed by atoms with van der Waals surface area (Å²) in [5.74, 6) is -0.492. The van der Waals surface area contributed by atoms with E-state index in [0.717, 1.165) is 30.2 Å². The molecule has 4 nitrogen and oxygen atoms in total. The molecule has 1 N–H and O–H groups in total.